The lowest BCUT2D eigenvalue weighted by Gasteiger charge is -2.14. The maximum absolute atomic E-state index is 5.83. The maximum Gasteiger partial charge on any atom is 0.0314 e. The van der Waals surface area contributed by atoms with Crippen molar-refractivity contribution < 1.29 is 0 Å². The fourth-order valence-corrected chi connectivity index (χ4v) is 3.77. The Morgan fingerprint density at radius 2 is 1.44 bits per heavy atom. The summed E-state index contributed by atoms with van der Waals surface area (Å²) in [4.78, 5) is 0. The molecular formula is C26H31N. The Morgan fingerprint density at radius 3 is 2.11 bits per heavy atom. The first kappa shape index (κ1) is 19.2. The van der Waals surface area contributed by atoms with E-state index in [1.54, 1.807) is 0 Å². The van der Waals surface area contributed by atoms with Gasteiger partial charge < -0.3 is 5.73 Å². The highest BCUT2D eigenvalue weighted by Crippen LogP contribution is 2.31. The van der Waals surface area contributed by atoms with Gasteiger partial charge in [-0.1, -0.05) is 75.2 Å². The third-order valence-electron chi connectivity index (χ3n) is 5.38. The number of anilines is 1. The number of hydrogen-bond acceptors (Lipinski definition) is 1. The zero-order valence-corrected chi connectivity index (χ0v) is 16.9. The Kier molecular flexibility index (Phi) is 6.34. The van der Waals surface area contributed by atoms with Crippen LogP contribution >= 0.6 is 0 Å². The van der Waals surface area contributed by atoms with E-state index in [4.69, 9.17) is 5.73 Å². The minimum Gasteiger partial charge on any atom is -0.399 e. The van der Waals surface area contributed by atoms with E-state index in [1.165, 1.54) is 64.6 Å². The summed E-state index contributed by atoms with van der Waals surface area (Å²) in [5.41, 5.74) is 16.0. The number of aryl methyl sites for hydroxylation is 3. The largest absolute Gasteiger partial charge is 0.399 e. The molecular weight excluding hydrogens is 326 g/mol. The summed E-state index contributed by atoms with van der Waals surface area (Å²) in [5, 5.41) is 0. The molecule has 140 valence electrons. The predicted molar refractivity (Wildman–Crippen MR) is 119 cm³/mol. The van der Waals surface area contributed by atoms with Crippen molar-refractivity contribution in [1.29, 1.82) is 0 Å². The van der Waals surface area contributed by atoms with Gasteiger partial charge >= 0.3 is 0 Å². The maximum atomic E-state index is 5.83. The highest BCUT2D eigenvalue weighted by molar-refractivity contribution is 5.75. The molecule has 0 aliphatic heterocycles. The van der Waals surface area contributed by atoms with Crippen molar-refractivity contribution in [3.63, 3.8) is 0 Å². The van der Waals surface area contributed by atoms with Gasteiger partial charge in [-0.3, -0.25) is 0 Å². The van der Waals surface area contributed by atoms with Crippen LogP contribution in [0.3, 0.4) is 0 Å². The lowest BCUT2D eigenvalue weighted by molar-refractivity contribution is 0.717. The summed E-state index contributed by atoms with van der Waals surface area (Å²) < 4.78 is 0. The van der Waals surface area contributed by atoms with E-state index in [0.717, 1.165) is 12.1 Å². The number of hydrogen-bond donors (Lipinski definition) is 1. The van der Waals surface area contributed by atoms with E-state index in [0.29, 0.717) is 0 Å². The molecule has 1 heteroatoms. The van der Waals surface area contributed by atoms with Crippen LogP contribution in [0.1, 0.15) is 49.8 Å². The molecule has 0 saturated heterocycles. The van der Waals surface area contributed by atoms with Gasteiger partial charge in [-0.05, 0) is 77.3 Å². The van der Waals surface area contributed by atoms with Crippen molar-refractivity contribution in [3.05, 3.63) is 77.4 Å². The minimum absolute atomic E-state index is 0.805. The van der Waals surface area contributed by atoms with Crippen LogP contribution in [0.5, 0.6) is 0 Å². The molecule has 0 heterocycles. The molecule has 0 fully saturated rings. The van der Waals surface area contributed by atoms with Gasteiger partial charge in [0.1, 0.15) is 0 Å². The minimum atomic E-state index is 0.805. The average molecular weight is 358 g/mol. The van der Waals surface area contributed by atoms with Gasteiger partial charge in [0.25, 0.3) is 0 Å². The van der Waals surface area contributed by atoms with Crippen molar-refractivity contribution in [1.82, 2.24) is 0 Å². The highest BCUT2D eigenvalue weighted by atomic mass is 14.5. The molecule has 0 bridgehead atoms. The molecule has 0 atom stereocenters. The van der Waals surface area contributed by atoms with Gasteiger partial charge in [0, 0.05) is 5.69 Å². The van der Waals surface area contributed by atoms with Gasteiger partial charge in [0.2, 0.25) is 0 Å². The molecule has 0 radical (unpaired) electrons. The van der Waals surface area contributed by atoms with Gasteiger partial charge in [-0.25, -0.2) is 0 Å². The van der Waals surface area contributed by atoms with Gasteiger partial charge in [-0.2, -0.15) is 0 Å². The Bertz CT molecular complexity index is 891. The quantitative estimate of drug-likeness (QED) is 0.351. The molecule has 0 aromatic heterocycles. The second-order valence-corrected chi connectivity index (χ2v) is 7.45. The van der Waals surface area contributed by atoms with Crippen molar-refractivity contribution >= 4 is 5.69 Å². The molecule has 3 rings (SSSR count). The molecule has 0 unspecified atom stereocenters. The van der Waals surface area contributed by atoms with Crippen molar-refractivity contribution in [2.24, 2.45) is 0 Å². The van der Waals surface area contributed by atoms with Crippen LogP contribution in [0.25, 0.3) is 22.3 Å². The first-order valence-electron chi connectivity index (χ1n) is 10.2. The van der Waals surface area contributed by atoms with Gasteiger partial charge in [0.05, 0.1) is 0 Å². The monoisotopic (exact) mass is 357 g/mol. The van der Waals surface area contributed by atoms with Crippen LogP contribution in [-0.4, -0.2) is 0 Å². The van der Waals surface area contributed by atoms with Crippen LogP contribution in [0.2, 0.25) is 0 Å². The highest BCUT2D eigenvalue weighted by Gasteiger charge is 2.09. The Labute approximate surface area is 164 Å². The molecule has 1 nitrogen and oxygen atoms in total. The smallest absolute Gasteiger partial charge is 0.0314 e. The summed E-state index contributed by atoms with van der Waals surface area (Å²) in [5.74, 6) is 0. The number of unbranched alkanes of at least 4 members (excludes halogenated alkanes) is 2. The van der Waals surface area contributed by atoms with E-state index < -0.39 is 0 Å². The average Bonchev–Trinajstić information content (AvgIpc) is 2.69. The number of benzene rings is 3. The van der Waals surface area contributed by atoms with E-state index in [1.807, 2.05) is 12.1 Å². The van der Waals surface area contributed by atoms with E-state index >= 15 is 0 Å². The molecule has 0 aliphatic carbocycles. The second kappa shape index (κ2) is 8.90. The molecule has 27 heavy (non-hydrogen) atoms. The fraction of sp³-hybridized carbons (Fsp3) is 0.308. The Morgan fingerprint density at radius 1 is 0.741 bits per heavy atom. The first-order chi connectivity index (χ1) is 13.1. The summed E-state index contributed by atoms with van der Waals surface area (Å²) in [6.07, 6.45) is 6.13. The summed E-state index contributed by atoms with van der Waals surface area (Å²) in [7, 11) is 0. The number of nitrogens with two attached hydrogens (primary N) is 1. The SMILES string of the molecule is CCCCCc1ccc(-c2ccc(-c3ccc(N)cc3)c(C)c2)c(CC)c1. The van der Waals surface area contributed by atoms with Crippen LogP contribution in [0.15, 0.2) is 60.7 Å². The standard InChI is InChI=1S/C26H31N/c1-4-6-7-8-20-9-15-26(21(5-2)18-20)23-12-16-25(19(3)17-23)22-10-13-24(27)14-11-22/h9-18H,4-8,27H2,1-3H3. The summed E-state index contributed by atoms with van der Waals surface area (Å²) >= 11 is 0. The van der Waals surface area contributed by atoms with E-state index in [-0.39, 0.29) is 0 Å². The van der Waals surface area contributed by atoms with Crippen LogP contribution in [0.4, 0.5) is 5.69 Å². The van der Waals surface area contributed by atoms with Gasteiger partial charge in [-0.15, -0.1) is 0 Å². The fourth-order valence-electron chi connectivity index (χ4n) is 3.77. The molecule has 2 N–H and O–H groups in total. The molecule has 3 aromatic carbocycles. The van der Waals surface area contributed by atoms with Gasteiger partial charge in [0.15, 0.2) is 0 Å². The van der Waals surface area contributed by atoms with E-state index in [9.17, 15) is 0 Å². The number of nitrogen functional groups attached to an aromatic ring is 1. The van der Waals surface area contributed by atoms with Crippen LogP contribution in [0, 0.1) is 6.92 Å². The third-order valence-corrected chi connectivity index (χ3v) is 5.38. The first-order valence-corrected chi connectivity index (χ1v) is 10.2. The second-order valence-electron chi connectivity index (χ2n) is 7.45. The topological polar surface area (TPSA) is 26.0 Å². The Hall–Kier alpha value is -2.54. The molecule has 3 aromatic rings. The summed E-state index contributed by atoms with van der Waals surface area (Å²) in [6.45, 7) is 6.71. The van der Waals surface area contributed by atoms with Crippen molar-refractivity contribution in [2.75, 3.05) is 5.73 Å². The zero-order valence-electron chi connectivity index (χ0n) is 16.9. The molecule has 0 saturated carbocycles. The summed E-state index contributed by atoms with van der Waals surface area (Å²) in [6, 6.07) is 22.0. The van der Waals surface area contributed by atoms with E-state index in [2.05, 4.69) is 69.3 Å². The normalized spacial score (nSPS) is 10.9. The van der Waals surface area contributed by atoms with Crippen molar-refractivity contribution in [2.45, 2.75) is 52.9 Å². The molecule has 0 aliphatic rings. The van der Waals surface area contributed by atoms with Crippen molar-refractivity contribution in [3.8, 4) is 22.3 Å². The lowest BCUT2D eigenvalue weighted by Crippen LogP contribution is -1.94. The van der Waals surface area contributed by atoms with Crippen LogP contribution < -0.4 is 5.73 Å². The Balaban J connectivity index is 1.89. The third kappa shape index (κ3) is 4.60. The predicted octanol–water partition coefficient (Wildman–Crippen LogP) is 7.21. The zero-order chi connectivity index (χ0) is 19.2. The van der Waals surface area contributed by atoms with Crippen LogP contribution in [-0.2, 0) is 12.8 Å². The molecule has 0 spiro atoms. The molecule has 0 amide bonds. The lowest BCUT2D eigenvalue weighted by atomic mass is 9.91. The number of rotatable bonds is 7.